The first-order valence-electron chi connectivity index (χ1n) is 5.90. The van der Waals surface area contributed by atoms with Crippen LogP contribution in [-0.4, -0.2) is 24.6 Å². The molecule has 102 valence electrons. The maximum atomic E-state index is 11.6. The van der Waals surface area contributed by atoms with Crippen molar-refractivity contribution in [2.24, 2.45) is 0 Å². The molecule has 0 spiro atoms. The number of nitrogens with zero attached hydrogens (tertiary/aromatic N) is 1. The summed E-state index contributed by atoms with van der Waals surface area (Å²) in [4.78, 5) is 7.99. The van der Waals surface area contributed by atoms with Crippen LogP contribution in [0.2, 0.25) is 0 Å². The Morgan fingerprint density at radius 1 is 1.15 bits per heavy atom. The molecule has 1 N–H and O–H groups in total. The van der Waals surface area contributed by atoms with Crippen LogP contribution >= 0.6 is 22.6 Å². The Kier molecular flexibility index (Phi) is 3.29. The lowest BCUT2D eigenvalue weighted by Gasteiger charge is -1.98. The van der Waals surface area contributed by atoms with E-state index in [9.17, 15) is 8.42 Å². The molecule has 6 heteroatoms. The molecule has 1 aromatic heterocycles. The Labute approximate surface area is 130 Å². The van der Waals surface area contributed by atoms with E-state index in [0.29, 0.717) is 4.90 Å². The normalized spacial score (nSPS) is 11.9. The standard InChI is InChI=1S/C14H11IN2O2S/c1-20(18,19)9-6-7-12-13(8-9)17-14(16-12)10-4-2-3-5-11(10)15/h2-8H,1H3,(H,16,17). The predicted molar refractivity (Wildman–Crippen MR) is 87.4 cm³/mol. The van der Waals surface area contributed by atoms with Crippen LogP contribution in [0, 0.1) is 3.57 Å². The van der Waals surface area contributed by atoms with Crippen LogP contribution in [0.3, 0.4) is 0 Å². The van der Waals surface area contributed by atoms with Crippen LogP contribution in [-0.2, 0) is 9.84 Å². The van der Waals surface area contributed by atoms with Crippen molar-refractivity contribution in [2.45, 2.75) is 4.90 Å². The van der Waals surface area contributed by atoms with Crippen LogP contribution in [0.1, 0.15) is 0 Å². The Bertz CT molecular complexity index is 900. The largest absolute Gasteiger partial charge is 0.338 e. The van der Waals surface area contributed by atoms with Gasteiger partial charge in [-0.15, -0.1) is 0 Å². The van der Waals surface area contributed by atoms with Gasteiger partial charge in [-0.3, -0.25) is 0 Å². The minimum absolute atomic E-state index is 0.294. The highest BCUT2D eigenvalue weighted by Crippen LogP contribution is 2.26. The Morgan fingerprint density at radius 2 is 1.90 bits per heavy atom. The second-order valence-electron chi connectivity index (χ2n) is 4.52. The van der Waals surface area contributed by atoms with Crippen LogP contribution in [0.5, 0.6) is 0 Å². The lowest BCUT2D eigenvalue weighted by Crippen LogP contribution is -1.96. The van der Waals surface area contributed by atoms with Gasteiger partial charge >= 0.3 is 0 Å². The molecule has 3 rings (SSSR count). The number of rotatable bonds is 2. The number of benzene rings is 2. The molecule has 3 aromatic rings. The fraction of sp³-hybridized carbons (Fsp3) is 0.0714. The fourth-order valence-electron chi connectivity index (χ4n) is 2.00. The third-order valence-electron chi connectivity index (χ3n) is 3.01. The van der Waals surface area contributed by atoms with E-state index in [0.717, 1.165) is 26.0 Å². The van der Waals surface area contributed by atoms with Crippen LogP contribution in [0.4, 0.5) is 0 Å². The average Bonchev–Trinajstić information content (AvgIpc) is 2.80. The zero-order valence-corrected chi connectivity index (χ0v) is 13.6. The number of nitrogens with one attached hydrogen (secondary N) is 1. The lowest BCUT2D eigenvalue weighted by molar-refractivity contribution is 0.602. The molecule has 0 unspecified atom stereocenters. The molecule has 2 aromatic carbocycles. The Balaban J connectivity index is 2.19. The number of sulfone groups is 1. The Hall–Kier alpha value is -1.41. The van der Waals surface area contributed by atoms with Crippen molar-refractivity contribution in [1.82, 2.24) is 9.97 Å². The summed E-state index contributed by atoms with van der Waals surface area (Å²) < 4.78 is 24.2. The molecule has 1 heterocycles. The molecular formula is C14H11IN2O2S. The maximum Gasteiger partial charge on any atom is 0.175 e. The summed E-state index contributed by atoms with van der Waals surface area (Å²) in [5.74, 6) is 0.746. The van der Waals surface area contributed by atoms with Gasteiger partial charge in [0.25, 0.3) is 0 Å². The quantitative estimate of drug-likeness (QED) is 0.675. The molecule has 4 nitrogen and oxygen atoms in total. The van der Waals surface area contributed by atoms with Gasteiger partial charge in [0, 0.05) is 15.4 Å². The van der Waals surface area contributed by atoms with E-state index in [-0.39, 0.29) is 0 Å². The number of hydrogen-bond acceptors (Lipinski definition) is 3. The predicted octanol–water partition coefficient (Wildman–Crippen LogP) is 3.24. The highest BCUT2D eigenvalue weighted by atomic mass is 127. The van der Waals surface area contributed by atoms with Crippen molar-refractivity contribution in [3.8, 4) is 11.4 Å². The number of fused-ring (bicyclic) bond motifs is 1. The molecule has 0 aliphatic rings. The molecule has 0 radical (unpaired) electrons. The van der Waals surface area contributed by atoms with Gasteiger partial charge in [-0.25, -0.2) is 13.4 Å². The van der Waals surface area contributed by atoms with E-state index in [2.05, 4.69) is 32.6 Å². The zero-order valence-electron chi connectivity index (χ0n) is 10.6. The topological polar surface area (TPSA) is 62.8 Å². The molecule has 20 heavy (non-hydrogen) atoms. The van der Waals surface area contributed by atoms with Crippen molar-refractivity contribution in [3.05, 3.63) is 46.0 Å². The lowest BCUT2D eigenvalue weighted by atomic mass is 10.2. The second-order valence-corrected chi connectivity index (χ2v) is 7.69. The summed E-state index contributed by atoms with van der Waals surface area (Å²) in [5.41, 5.74) is 2.49. The summed E-state index contributed by atoms with van der Waals surface area (Å²) in [6.07, 6.45) is 1.20. The molecule has 0 aliphatic carbocycles. The first-order valence-corrected chi connectivity index (χ1v) is 8.87. The van der Waals surface area contributed by atoms with Gasteiger partial charge < -0.3 is 4.98 Å². The monoisotopic (exact) mass is 398 g/mol. The molecule has 0 amide bonds. The van der Waals surface area contributed by atoms with Crippen molar-refractivity contribution in [2.75, 3.05) is 6.26 Å². The first kappa shape index (κ1) is 13.6. The highest BCUT2D eigenvalue weighted by molar-refractivity contribution is 14.1. The van der Waals surface area contributed by atoms with E-state index in [1.807, 2.05) is 24.3 Å². The van der Waals surface area contributed by atoms with Crippen molar-refractivity contribution in [1.29, 1.82) is 0 Å². The van der Waals surface area contributed by atoms with Crippen LogP contribution < -0.4 is 0 Å². The van der Waals surface area contributed by atoms with Crippen molar-refractivity contribution < 1.29 is 8.42 Å². The minimum atomic E-state index is -3.21. The van der Waals surface area contributed by atoms with Crippen LogP contribution in [0.25, 0.3) is 22.4 Å². The number of aromatic nitrogens is 2. The zero-order chi connectivity index (χ0) is 14.3. The van der Waals surface area contributed by atoms with Gasteiger partial charge in [-0.1, -0.05) is 18.2 Å². The smallest absolute Gasteiger partial charge is 0.175 e. The molecule has 0 bridgehead atoms. The number of imidazole rings is 1. The van der Waals surface area contributed by atoms with E-state index >= 15 is 0 Å². The van der Waals surface area contributed by atoms with Gasteiger partial charge in [0.15, 0.2) is 9.84 Å². The van der Waals surface area contributed by atoms with Crippen molar-refractivity contribution in [3.63, 3.8) is 0 Å². The van der Waals surface area contributed by atoms with E-state index < -0.39 is 9.84 Å². The molecule has 0 saturated heterocycles. The number of halogens is 1. The maximum absolute atomic E-state index is 11.6. The third-order valence-corrected chi connectivity index (χ3v) is 5.06. The Morgan fingerprint density at radius 3 is 2.60 bits per heavy atom. The summed E-state index contributed by atoms with van der Waals surface area (Å²) in [5, 5.41) is 0. The van der Waals surface area contributed by atoms with Crippen LogP contribution in [0.15, 0.2) is 47.4 Å². The molecule has 0 fully saturated rings. The number of aromatic amines is 1. The molecular weight excluding hydrogens is 387 g/mol. The van der Waals surface area contributed by atoms with Gasteiger partial charge in [-0.2, -0.15) is 0 Å². The van der Waals surface area contributed by atoms with E-state index in [1.54, 1.807) is 18.2 Å². The SMILES string of the molecule is CS(=O)(=O)c1ccc2nc(-c3ccccc3I)[nH]c2c1. The van der Waals surface area contributed by atoms with E-state index in [1.165, 1.54) is 6.26 Å². The van der Waals surface area contributed by atoms with E-state index in [4.69, 9.17) is 0 Å². The summed E-state index contributed by atoms with van der Waals surface area (Å²) in [6, 6.07) is 12.8. The summed E-state index contributed by atoms with van der Waals surface area (Å²) in [7, 11) is -3.21. The van der Waals surface area contributed by atoms with Gasteiger partial charge in [-0.05, 0) is 46.9 Å². The second kappa shape index (κ2) is 4.85. The highest BCUT2D eigenvalue weighted by Gasteiger charge is 2.12. The summed E-state index contributed by atoms with van der Waals surface area (Å²) in [6.45, 7) is 0. The first-order chi connectivity index (χ1) is 9.45. The number of H-pyrrole nitrogens is 1. The van der Waals surface area contributed by atoms with Gasteiger partial charge in [0.05, 0.1) is 15.9 Å². The number of hydrogen-bond donors (Lipinski definition) is 1. The molecule has 0 aliphatic heterocycles. The third kappa shape index (κ3) is 2.45. The fourth-order valence-corrected chi connectivity index (χ4v) is 3.29. The minimum Gasteiger partial charge on any atom is -0.338 e. The van der Waals surface area contributed by atoms with Crippen molar-refractivity contribution >= 4 is 43.5 Å². The molecule has 0 saturated carbocycles. The average molecular weight is 398 g/mol. The van der Waals surface area contributed by atoms with Gasteiger partial charge in [0.2, 0.25) is 0 Å². The van der Waals surface area contributed by atoms with Gasteiger partial charge in [0.1, 0.15) is 5.82 Å². The summed E-state index contributed by atoms with van der Waals surface area (Å²) >= 11 is 2.25. The molecule has 0 atom stereocenters.